The first-order chi connectivity index (χ1) is 9.38. The van der Waals surface area contributed by atoms with Crippen molar-refractivity contribution in [1.82, 2.24) is 4.90 Å². The molecule has 0 bridgehead atoms. The molecule has 1 aromatic carbocycles. The molecule has 108 valence electrons. The third-order valence-corrected chi connectivity index (χ3v) is 3.81. The number of hydrogen-bond acceptors (Lipinski definition) is 4. The van der Waals surface area contributed by atoms with Gasteiger partial charge in [-0.05, 0) is 24.8 Å². The summed E-state index contributed by atoms with van der Waals surface area (Å²) in [5.74, 6) is -0.0727. The summed E-state index contributed by atoms with van der Waals surface area (Å²) >= 11 is 5.94. The molecule has 1 aliphatic rings. The molecule has 7 heteroatoms. The number of halogens is 1. The Morgan fingerprint density at radius 1 is 1.55 bits per heavy atom. The number of carbonyl (C=O) groups excluding carboxylic acids is 1. The second kappa shape index (κ2) is 5.76. The molecule has 1 saturated carbocycles. The fraction of sp³-hybridized carbons (Fsp3) is 0.462. The van der Waals surface area contributed by atoms with Gasteiger partial charge in [0.1, 0.15) is 0 Å². The summed E-state index contributed by atoms with van der Waals surface area (Å²) in [6.07, 6.45) is 1.09. The van der Waals surface area contributed by atoms with E-state index in [1.807, 2.05) is 0 Å². The Balaban J connectivity index is 2.11. The van der Waals surface area contributed by atoms with E-state index >= 15 is 0 Å². The van der Waals surface area contributed by atoms with Gasteiger partial charge in [-0.3, -0.25) is 14.9 Å². The van der Waals surface area contributed by atoms with Gasteiger partial charge in [0.25, 0.3) is 11.6 Å². The van der Waals surface area contributed by atoms with Crippen molar-refractivity contribution in [3.63, 3.8) is 0 Å². The van der Waals surface area contributed by atoms with E-state index in [9.17, 15) is 20.0 Å². The number of aliphatic hydroxyl groups is 1. The summed E-state index contributed by atoms with van der Waals surface area (Å²) < 4.78 is 0. The van der Waals surface area contributed by atoms with E-state index in [1.54, 1.807) is 7.05 Å². The standard InChI is InChI=1S/C13H15ClN2O4/c1-15(7-8-4-10(17)5-8)13(18)11-6-9(16(19)20)2-3-12(11)14/h2-3,6,8,10,17H,4-5,7H2,1H3. The van der Waals surface area contributed by atoms with E-state index in [1.165, 1.54) is 23.1 Å². The molecule has 0 atom stereocenters. The smallest absolute Gasteiger partial charge is 0.270 e. The van der Waals surface area contributed by atoms with E-state index in [0.717, 1.165) is 0 Å². The summed E-state index contributed by atoms with van der Waals surface area (Å²) in [5.41, 5.74) is -0.0338. The monoisotopic (exact) mass is 298 g/mol. The van der Waals surface area contributed by atoms with Crippen LogP contribution in [0.1, 0.15) is 23.2 Å². The molecule has 2 rings (SSSR count). The Morgan fingerprint density at radius 3 is 2.75 bits per heavy atom. The molecule has 1 aliphatic carbocycles. The van der Waals surface area contributed by atoms with E-state index in [2.05, 4.69) is 0 Å². The topological polar surface area (TPSA) is 83.7 Å². The quantitative estimate of drug-likeness (QED) is 0.681. The van der Waals surface area contributed by atoms with Crippen molar-refractivity contribution in [2.45, 2.75) is 18.9 Å². The zero-order valence-electron chi connectivity index (χ0n) is 11.0. The van der Waals surface area contributed by atoms with Crippen LogP contribution in [0.2, 0.25) is 5.02 Å². The Kier molecular flexibility index (Phi) is 4.25. The van der Waals surface area contributed by atoms with Crippen molar-refractivity contribution in [2.75, 3.05) is 13.6 Å². The Bertz CT molecular complexity index is 543. The predicted molar refractivity (Wildman–Crippen MR) is 73.8 cm³/mol. The van der Waals surface area contributed by atoms with Gasteiger partial charge < -0.3 is 10.0 Å². The maximum Gasteiger partial charge on any atom is 0.270 e. The fourth-order valence-electron chi connectivity index (χ4n) is 2.32. The van der Waals surface area contributed by atoms with Crippen LogP contribution in [0.4, 0.5) is 5.69 Å². The third-order valence-electron chi connectivity index (χ3n) is 3.48. The van der Waals surface area contributed by atoms with Gasteiger partial charge in [-0.15, -0.1) is 0 Å². The molecule has 0 spiro atoms. The normalized spacial score (nSPS) is 21.1. The zero-order chi connectivity index (χ0) is 14.9. The maximum absolute atomic E-state index is 12.3. The minimum atomic E-state index is -0.560. The minimum absolute atomic E-state index is 0.128. The van der Waals surface area contributed by atoms with Gasteiger partial charge in [-0.2, -0.15) is 0 Å². The third kappa shape index (κ3) is 3.08. The lowest BCUT2D eigenvalue weighted by molar-refractivity contribution is -0.384. The first-order valence-electron chi connectivity index (χ1n) is 6.26. The molecule has 6 nitrogen and oxygen atoms in total. The van der Waals surface area contributed by atoms with Crippen molar-refractivity contribution in [3.05, 3.63) is 38.9 Å². The number of nitro groups is 1. The first kappa shape index (κ1) is 14.7. The Morgan fingerprint density at radius 2 is 2.20 bits per heavy atom. The van der Waals surface area contributed by atoms with Gasteiger partial charge in [-0.25, -0.2) is 0 Å². The van der Waals surface area contributed by atoms with Crippen molar-refractivity contribution in [3.8, 4) is 0 Å². The highest BCUT2D eigenvalue weighted by Gasteiger charge is 2.30. The molecule has 20 heavy (non-hydrogen) atoms. The Labute approximate surface area is 121 Å². The zero-order valence-corrected chi connectivity index (χ0v) is 11.7. The highest BCUT2D eigenvalue weighted by molar-refractivity contribution is 6.33. The number of nitro benzene ring substituents is 1. The number of benzene rings is 1. The Hall–Kier alpha value is -1.66. The lowest BCUT2D eigenvalue weighted by Crippen LogP contribution is -2.39. The van der Waals surface area contributed by atoms with Crippen LogP contribution in [0.5, 0.6) is 0 Å². The highest BCUT2D eigenvalue weighted by atomic mass is 35.5. The average Bonchev–Trinajstić information content (AvgIpc) is 2.36. The molecule has 0 heterocycles. The van der Waals surface area contributed by atoms with Crippen LogP contribution in [0.25, 0.3) is 0 Å². The second-order valence-corrected chi connectivity index (χ2v) is 5.51. The van der Waals surface area contributed by atoms with Crippen LogP contribution in [-0.2, 0) is 0 Å². The predicted octanol–water partition coefficient (Wildman–Crippen LogP) is 2.09. The highest BCUT2D eigenvalue weighted by Crippen LogP contribution is 2.29. The van der Waals surface area contributed by atoms with Crippen LogP contribution in [-0.4, -0.2) is 40.5 Å². The number of rotatable bonds is 4. The summed E-state index contributed by atoms with van der Waals surface area (Å²) in [7, 11) is 1.63. The molecule has 0 aromatic heterocycles. The summed E-state index contributed by atoms with van der Waals surface area (Å²) in [5, 5.41) is 20.2. The van der Waals surface area contributed by atoms with Gasteiger partial charge in [0.2, 0.25) is 0 Å². The van der Waals surface area contributed by atoms with Gasteiger partial charge in [0, 0.05) is 25.7 Å². The van der Waals surface area contributed by atoms with Gasteiger partial charge in [0.15, 0.2) is 0 Å². The largest absolute Gasteiger partial charge is 0.393 e. The van der Waals surface area contributed by atoms with Crippen LogP contribution in [0.3, 0.4) is 0 Å². The first-order valence-corrected chi connectivity index (χ1v) is 6.63. The number of carbonyl (C=O) groups is 1. The number of hydrogen-bond donors (Lipinski definition) is 1. The molecule has 0 radical (unpaired) electrons. The number of nitrogens with zero attached hydrogens (tertiary/aromatic N) is 2. The molecule has 0 unspecified atom stereocenters. The molecular formula is C13H15ClN2O4. The van der Waals surface area contributed by atoms with Gasteiger partial charge >= 0.3 is 0 Å². The second-order valence-electron chi connectivity index (χ2n) is 5.10. The fourth-order valence-corrected chi connectivity index (χ4v) is 2.51. The lowest BCUT2D eigenvalue weighted by Gasteiger charge is -2.34. The lowest BCUT2D eigenvalue weighted by atomic mass is 9.82. The molecule has 1 amide bonds. The van der Waals surface area contributed by atoms with Crippen LogP contribution in [0.15, 0.2) is 18.2 Å². The van der Waals surface area contributed by atoms with Crippen LogP contribution < -0.4 is 0 Å². The van der Waals surface area contributed by atoms with E-state index in [0.29, 0.717) is 19.4 Å². The van der Waals surface area contributed by atoms with Crippen molar-refractivity contribution >= 4 is 23.2 Å². The van der Waals surface area contributed by atoms with Crippen molar-refractivity contribution in [2.24, 2.45) is 5.92 Å². The summed E-state index contributed by atoms with van der Waals surface area (Å²) in [6, 6.07) is 3.81. The number of amides is 1. The van der Waals surface area contributed by atoms with Crippen LogP contribution in [0, 0.1) is 16.0 Å². The maximum atomic E-state index is 12.3. The van der Waals surface area contributed by atoms with Crippen molar-refractivity contribution in [1.29, 1.82) is 0 Å². The molecule has 0 saturated heterocycles. The average molecular weight is 299 g/mol. The van der Waals surface area contributed by atoms with E-state index < -0.39 is 4.92 Å². The minimum Gasteiger partial charge on any atom is -0.393 e. The van der Waals surface area contributed by atoms with Crippen molar-refractivity contribution < 1.29 is 14.8 Å². The number of non-ortho nitro benzene ring substituents is 1. The van der Waals surface area contributed by atoms with Crippen LogP contribution >= 0.6 is 11.6 Å². The molecule has 1 N–H and O–H groups in total. The SMILES string of the molecule is CN(CC1CC(O)C1)C(=O)c1cc([N+](=O)[O-])ccc1Cl. The summed E-state index contributed by atoms with van der Waals surface area (Å²) in [4.78, 5) is 23.9. The van der Waals surface area contributed by atoms with Gasteiger partial charge in [-0.1, -0.05) is 11.6 Å². The molecular weight excluding hydrogens is 284 g/mol. The molecule has 1 aromatic rings. The molecule has 1 fully saturated rings. The number of aliphatic hydroxyl groups excluding tert-OH is 1. The summed E-state index contributed by atoms with van der Waals surface area (Å²) in [6.45, 7) is 0.509. The van der Waals surface area contributed by atoms with E-state index in [-0.39, 0.29) is 34.2 Å². The van der Waals surface area contributed by atoms with Gasteiger partial charge in [0.05, 0.1) is 21.6 Å². The molecule has 0 aliphatic heterocycles. The van der Waals surface area contributed by atoms with E-state index in [4.69, 9.17) is 11.6 Å².